The average Bonchev–Trinajstić information content (AvgIpc) is 3.06. The first-order valence-corrected chi connectivity index (χ1v) is 10.4. The molecule has 1 unspecified atom stereocenters. The summed E-state index contributed by atoms with van der Waals surface area (Å²) in [5.41, 5.74) is 1.42. The number of carbonyl (C=O) groups is 1. The Labute approximate surface area is 178 Å². The monoisotopic (exact) mass is 436 g/mol. The molecule has 0 aromatic heterocycles. The van der Waals surface area contributed by atoms with Gasteiger partial charge in [-0.15, -0.1) is 0 Å². The van der Waals surface area contributed by atoms with Gasteiger partial charge in [0.1, 0.15) is 0 Å². The van der Waals surface area contributed by atoms with Crippen molar-refractivity contribution in [3.8, 4) is 11.5 Å². The molecule has 4 rings (SSSR count). The second-order valence-corrected chi connectivity index (χ2v) is 8.04. The van der Waals surface area contributed by atoms with Gasteiger partial charge in [-0.05, 0) is 42.2 Å². The number of benzene rings is 2. The molecule has 2 aromatic carbocycles. The van der Waals surface area contributed by atoms with Crippen molar-refractivity contribution in [2.24, 2.45) is 5.92 Å². The highest BCUT2D eigenvalue weighted by molar-refractivity contribution is 6.32. The van der Waals surface area contributed by atoms with Crippen molar-refractivity contribution in [1.29, 1.82) is 0 Å². The Morgan fingerprint density at radius 1 is 1.17 bits per heavy atom. The summed E-state index contributed by atoms with van der Waals surface area (Å²) >= 11 is 6.29. The highest BCUT2D eigenvalue weighted by Gasteiger charge is 2.24. The average molecular weight is 437 g/mol. The Balaban J connectivity index is 1.30. The molecule has 1 saturated heterocycles. The summed E-state index contributed by atoms with van der Waals surface area (Å²) in [5, 5.41) is 3.40. The zero-order chi connectivity index (χ0) is 21.1. The minimum absolute atomic E-state index is 0.105. The molecule has 0 aliphatic carbocycles. The topological polar surface area (TPSA) is 50.8 Å². The fourth-order valence-corrected chi connectivity index (χ4v) is 4.10. The number of nitrogens with one attached hydrogen (secondary N) is 1. The van der Waals surface area contributed by atoms with Crippen molar-refractivity contribution in [2.45, 2.75) is 19.3 Å². The van der Waals surface area contributed by atoms with Gasteiger partial charge in [-0.25, -0.2) is 8.78 Å². The quantitative estimate of drug-likeness (QED) is 0.770. The van der Waals surface area contributed by atoms with E-state index in [-0.39, 0.29) is 18.2 Å². The number of halogens is 3. The maximum absolute atomic E-state index is 13.5. The van der Waals surface area contributed by atoms with Crippen molar-refractivity contribution in [1.82, 2.24) is 5.32 Å². The minimum atomic E-state index is -0.850. The van der Waals surface area contributed by atoms with E-state index in [9.17, 15) is 13.6 Å². The van der Waals surface area contributed by atoms with Crippen LogP contribution in [0.4, 0.5) is 14.5 Å². The molecule has 1 fully saturated rings. The summed E-state index contributed by atoms with van der Waals surface area (Å²) in [4.78, 5) is 14.4. The van der Waals surface area contributed by atoms with E-state index < -0.39 is 11.6 Å². The van der Waals surface area contributed by atoms with E-state index in [2.05, 4.69) is 5.32 Å². The molecule has 160 valence electrons. The Morgan fingerprint density at radius 2 is 2.00 bits per heavy atom. The summed E-state index contributed by atoms with van der Waals surface area (Å²) in [5.74, 6) is -0.460. The largest absolute Gasteiger partial charge is 0.489 e. The Kier molecular flexibility index (Phi) is 6.27. The first-order chi connectivity index (χ1) is 14.5. The summed E-state index contributed by atoms with van der Waals surface area (Å²) in [6.45, 7) is 3.05. The number of anilines is 1. The second-order valence-electron chi connectivity index (χ2n) is 7.64. The van der Waals surface area contributed by atoms with Gasteiger partial charge in [0, 0.05) is 37.8 Å². The molecule has 2 aliphatic rings. The lowest BCUT2D eigenvalue weighted by Crippen LogP contribution is -2.32. The smallest absolute Gasteiger partial charge is 0.224 e. The van der Waals surface area contributed by atoms with E-state index >= 15 is 0 Å². The van der Waals surface area contributed by atoms with Gasteiger partial charge in [-0.2, -0.15) is 0 Å². The first kappa shape index (κ1) is 20.7. The maximum Gasteiger partial charge on any atom is 0.224 e. The number of nitrogens with zero attached hydrogens (tertiary/aromatic N) is 1. The van der Waals surface area contributed by atoms with E-state index in [1.165, 1.54) is 6.07 Å². The Hall–Kier alpha value is -2.54. The lowest BCUT2D eigenvalue weighted by Gasteiger charge is -2.19. The van der Waals surface area contributed by atoms with Crippen LogP contribution in [0.5, 0.6) is 11.5 Å². The first-order valence-electron chi connectivity index (χ1n) is 10.0. The Morgan fingerprint density at radius 3 is 2.83 bits per heavy atom. The second kappa shape index (κ2) is 9.08. The van der Waals surface area contributed by atoms with Crippen LogP contribution in [0.25, 0.3) is 0 Å². The lowest BCUT2D eigenvalue weighted by molar-refractivity contribution is -0.120. The van der Waals surface area contributed by atoms with Crippen molar-refractivity contribution in [3.05, 3.63) is 52.6 Å². The molecule has 30 heavy (non-hydrogen) atoms. The molecule has 1 N–H and O–H groups in total. The minimum Gasteiger partial charge on any atom is -0.489 e. The van der Waals surface area contributed by atoms with Gasteiger partial charge in [0.05, 0.1) is 24.7 Å². The fraction of sp³-hybridized carbons (Fsp3) is 0.409. The van der Waals surface area contributed by atoms with Crippen LogP contribution in [0, 0.1) is 17.6 Å². The lowest BCUT2D eigenvalue weighted by atomic mass is 10.1. The van der Waals surface area contributed by atoms with Crippen LogP contribution in [0.1, 0.15) is 18.4 Å². The predicted molar refractivity (Wildman–Crippen MR) is 110 cm³/mol. The highest BCUT2D eigenvalue weighted by atomic mass is 35.5. The number of ether oxygens (including phenoxy) is 2. The van der Waals surface area contributed by atoms with Crippen LogP contribution >= 0.6 is 11.6 Å². The van der Waals surface area contributed by atoms with E-state index in [0.717, 1.165) is 31.0 Å². The number of fused-ring (bicyclic) bond motifs is 1. The number of rotatable bonds is 5. The van der Waals surface area contributed by atoms with Gasteiger partial charge in [-0.1, -0.05) is 11.6 Å². The van der Waals surface area contributed by atoms with Crippen molar-refractivity contribution >= 4 is 23.2 Å². The number of hydrogen-bond acceptors (Lipinski definition) is 4. The summed E-state index contributed by atoms with van der Waals surface area (Å²) in [6, 6.07) is 7.46. The number of hydrogen-bond donors (Lipinski definition) is 1. The number of amides is 1. The molecule has 1 amide bonds. The molecule has 0 bridgehead atoms. The van der Waals surface area contributed by atoms with Crippen LogP contribution < -0.4 is 19.7 Å². The molecular formula is C22H23ClF2N2O3. The van der Waals surface area contributed by atoms with Gasteiger partial charge in [0.25, 0.3) is 0 Å². The molecule has 8 heteroatoms. The van der Waals surface area contributed by atoms with E-state index in [4.69, 9.17) is 21.1 Å². The molecule has 1 atom stereocenters. The third kappa shape index (κ3) is 4.78. The molecule has 0 saturated carbocycles. The van der Waals surface area contributed by atoms with Crippen LogP contribution in [0.15, 0.2) is 30.3 Å². The normalized spacial score (nSPS) is 18.2. The van der Waals surface area contributed by atoms with E-state index in [1.54, 1.807) is 18.2 Å². The molecule has 0 radical (unpaired) electrons. The van der Waals surface area contributed by atoms with Crippen LogP contribution in [-0.2, 0) is 11.2 Å². The molecule has 5 nitrogen and oxygen atoms in total. The molecule has 0 spiro atoms. The predicted octanol–water partition coefficient (Wildman–Crippen LogP) is 3.96. The fourth-order valence-electron chi connectivity index (χ4n) is 3.81. The zero-order valence-corrected chi connectivity index (χ0v) is 17.2. The third-order valence-corrected chi connectivity index (χ3v) is 5.65. The van der Waals surface area contributed by atoms with E-state index in [1.807, 2.05) is 4.90 Å². The molecular weight excluding hydrogens is 414 g/mol. The van der Waals surface area contributed by atoms with Crippen LogP contribution in [-0.4, -0.2) is 38.8 Å². The Bertz CT molecular complexity index is 941. The van der Waals surface area contributed by atoms with Gasteiger partial charge < -0.3 is 19.7 Å². The van der Waals surface area contributed by atoms with Gasteiger partial charge in [0.2, 0.25) is 5.91 Å². The van der Waals surface area contributed by atoms with Crippen LogP contribution in [0.2, 0.25) is 5.02 Å². The van der Waals surface area contributed by atoms with Gasteiger partial charge >= 0.3 is 0 Å². The highest BCUT2D eigenvalue weighted by Crippen LogP contribution is 2.38. The molecule has 2 heterocycles. The third-order valence-electron chi connectivity index (χ3n) is 5.37. The van der Waals surface area contributed by atoms with E-state index in [0.29, 0.717) is 48.5 Å². The molecule has 2 aliphatic heterocycles. The van der Waals surface area contributed by atoms with Gasteiger partial charge in [0.15, 0.2) is 23.1 Å². The van der Waals surface area contributed by atoms with Crippen molar-refractivity contribution < 1.29 is 23.0 Å². The van der Waals surface area contributed by atoms with Crippen LogP contribution in [0.3, 0.4) is 0 Å². The SMILES string of the molecule is O=C(Cc1cc(Cl)c2c(c1)OCCCO2)NCC1CCN(c2ccc(F)c(F)c2)C1. The maximum atomic E-state index is 13.5. The standard InChI is InChI=1S/C22H23ClF2N2O3/c23-17-8-15(9-20-22(17)30-7-1-6-29-20)10-21(28)26-12-14-4-5-27(13-14)16-2-3-18(24)19(25)11-16/h2-3,8-9,11,14H,1,4-7,10,12-13H2,(H,26,28). The molecule has 2 aromatic rings. The summed E-state index contributed by atoms with van der Waals surface area (Å²) in [6.07, 6.45) is 1.84. The van der Waals surface area contributed by atoms with Crippen molar-refractivity contribution in [3.63, 3.8) is 0 Å². The number of carbonyl (C=O) groups excluding carboxylic acids is 1. The summed E-state index contributed by atoms with van der Waals surface area (Å²) < 4.78 is 37.9. The van der Waals surface area contributed by atoms with Crippen molar-refractivity contribution in [2.75, 3.05) is 37.7 Å². The zero-order valence-electron chi connectivity index (χ0n) is 16.4. The summed E-state index contributed by atoms with van der Waals surface area (Å²) in [7, 11) is 0. The van der Waals surface area contributed by atoms with Gasteiger partial charge in [-0.3, -0.25) is 4.79 Å².